The van der Waals surface area contributed by atoms with Gasteiger partial charge in [-0.15, -0.1) is 0 Å². The quantitative estimate of drug-likeness (QED) is 0.680. The number of aryl methyl sites for hydroxylation is 1. The van der Waals surface area contributed by atoms with Crippen LogP contribution in [0.25, 0.3) is 0 Å². The summed E-state index contributed by atoms with van der Waals surface area (Å²) < 4.78 is 10.4. The fraction of sp³-hybridized carbons (Fsp3) is 0.154. The molecule has 104 valence electrons. The Balaban J connectivity index is 2.34. The van der Waals surface area contributed by atoms with Crippen molar-refractivity contribution in [2.75, 3.05) is 12.8 Å². The van der Waals surface area contributed by atoms with Crippen molar-refractivity contribution in [1.82, 2.24) is 4.98 Å². The molecule has 0 atom stereocenters. The number of anilines is 1. The largest absolute Gasteiger partial charge is 0.490 e. The Hall–Kier alpha value is -2.83. The summed E-state index contributed by atoms with van der Waals surface area (Å²) in [6.45, 7) is 1.79. The van der Waals surface area contributed by atoms with Gasteiger partial charge in [0.25, 0.3) is 0 Å². The maximum Gasteiger partial charge on any atom is 0.314 e. The molecule has 0 amide bonds. The zero-order chi connectivity index (χ0) is 14.7. The van der Waals surface area contributed by atoms with Gasteiger partial charge in [0.2, 0.25) is 5.88 Å². The highest BCUT2D eigenvalue weighted by atomic mass is 16.6. The van der Waals surface area contributed by atoms with Gasteiger partial charge in [-0.1, -0.05) is 0 Å². The Morgan fingerprint density at radius 2 is 2.10 bits per heavy atom. The lowest BCUT2D eigenvalue weighted by Gasteiger charge is -2.09. The molecule has 0 saturated carbocycles. The summed E-state index contributed by atoms with van der Waals surface area (Å²) in [6, 6.07) is 6.04. The molecule has 20 heavy (non-hydrogen) atoms. The van der Waals surface area contributed by atoms with E-state index in [1.54, 1.807) is 19.1 Å². The van der Waals surface area contributed by atoms with Gasteiger partial charge in [-0.05, 0) is 25.1 Å². The first-order valence-electron chi connectivity index (χ1n) is 5.73. The number of ether oxygens (including phenoxy) is 2. The van der Waals surface area contributed by atoms with Crippen molar-refractivity contribution in [2.45, 2.75) is 6.92 Å². The third-order valence-electron chi connectivity index (χ3n) is 2.61. The van der Waals surface area contributed by atoms with Gasteiger partial charge in [0.1, 0.15) is 5.75 Å². The second kappa shape index (κ2) is 5.43. The minimum Gasteiger partial charge on any atom is -0.490 e. The third kappa shape index (κ3) is 2.77. The first-order valence-corrected chi connectivity index (χ1v) is 5.73. The van der Waals surface area contributed by atoms with Crippen LogP contribution in [0.4, 0.5) is 11.4 Å². The summed E-state index contributed by atoms with van der Waals surface area (Å²) in [4.78, 5) is 14.4. The maximum absolute atomic E-state index is 10.9. The predicted molar refractivity (Wildman–Crippen MR) is 73.1 cm³/mol. The van der Waals surface area contributed by atoms with E-state index >= 15 is 0 Å². The van der Waals surface area contributed by atoms with Crippen molar-refractivity contribution in [2.24, 2.45) is 0 Å². The summed E-state index contributed by atoms with van der Waals surface area (Å²) in [5.41, 5.74) is 6.69. The van der Waals surface area contributed by atoms with E-state index in [4.69, 9.17) is 15.2 Å². The molecular formula is C13H13N3O4. The number of hydrogen-bond donors (Lipinski definition) is 1. The molecule has 0 bridgehead atoms. The Morgan fingerprint density at radius 3 is 2.70 bits per heavy atom. The normalized spacial score (nSPS) is 10.1. The van der Waals surface area contributed by atoms with Crippen LogP contribution in [-0.4, -0.2) is 17.0 Å². The first kappa shape index (κ1) is 13.6. The highest BCUT2D eigenvalue weighted by Gasteiger charge is 2.16. The predicted octanol–water partition coefficient (Wildman–Crippen LogP) is 2.68. The molecule has 2 N–H and O–H groups in total. The average molecular weight is 275 g/mol. The number of benzene rings is 1. The summed E-state index contributed by atoms with van der Waals surface area (Å²) in [5.74, 6) is 0.820. The number of methoxy groups -OCH3 is 1. The number of nitrogens with zero attached hydrogens (tertiary/aromatic N) is 2. The van der Waals surface area contributed by atoms with Crippen LogP contribution in [0.5, 0.6) is 17.4 Å². The molecule has 0 aliphatic rings. The van der Waals surface area contributed by atoms with Crippen LogP contribution in [0.1, 0.15) is 5.56 Å². The van der Waals surface area contributed by atoms with Crippen molar-refractivity contribution in [3.8, 4) is 17.4 Å². The van der Waals surface area contributed by atoms with Gasteiger partial charge >= 0.3 is 5.69 Å². The maximum atomic E-state index is 10.9. The van der Waals surface area contributed by atoms with E-state index in [2.05, 4.69) is 4.98 Å². The fourth-order valence-electron chi connectivity index (χ4n) is 1.68. The number of pyridine rings is 1. The first-order chi connectivity index (χ1) is 9.51. The van der Waals surface area contributed by atoms with Crippen LogP contribution in [0.3, 0.4) is 0 Å². The van der Waals surface area contributed by atoms with Crippen molar-refractivity contribution in [3.63, 3.8) is 0 Å². The van der Waals surface area contributed by atoms with Crippen LogP contribution in [0.15, 0.2) is 30.5 Å². The van der Waals surface area contributed by atoms with Gasteiger partial charge < -0.3 is 15.2 Å². The van der Waals surface area contributed by atoms with Crippen LogP contribution < -0.4 is 15.2 Å². The van der Waals surface area contributed by atoms with Gasteiger partial charge in [0, 0.05) is 5.56 Å². The van der Waals surface area contributed by atoms with E-state index in [9.17, 15) is 10.1 Å². The Morgan fingerprint density at radius 1 is 1.35 bits per heavy atom. The SMILES string of the molecule is COc1ccc(Oc2ncc(N)cc2C)cc1[N+](=O)[O-]. The molecule has 2 rings (SSSR count). The molecule has 0 fully saturated rings. The van der Waals surface area contributed by atoms with E-state index in [0.717, 1.165) is 5.56 Å². The van der Waals surface area contributed by atoms with Crippen LogP contribution in [0.2, 0.25) is 0 Å². The Labute approximate surface area is 115 Å². The topological polar surface area (TPSA) is 101 Å². The van der Waals surface area contributed by atoms with E-state index in [0.29, 0.717) is 17.3 Å². The molecule has 0 aliphatic carbocycles. The molecular weight excluding hydrogens is 262 g/mol. The van der Waals surface area contributed by atoms with Gasteiger partial charge in [-0.25, -0.2) is 4.98 Å². The second-order valence-electron chi connectivity index (χ2n) is 4.08. The van der Waals surface area contributed by atoms with Gasteiger partial charge in [-0.2, -0.15) is 0 Å². The molecule has 7 nitrogen and oxygen atoms in total. The van der Waals surface area contributed by atoms with E-state index in [1.807, 2.05) is 0 Å². The highest BCUT2D eigenvalue weighted by Crippen LogP contribution is 2.33. The minimum atomic E-state index is -0.533. The van der Waals surface area contributed by atoms with Crippen LogP contribution in [-0.2, 0) is 0 Å². The summed E-state index contributed by atoms with van der Waals surface area (Å²) in [7, 11) is 1.37. The number of hydrogen-bond acceptors (Lipinski definition) is 6. The van der Waals surface area contributed by atoms with Gasteiger partial charge in [0.15, 0.2) is 5.75 Å². The second-order valence-corrected chi connectivity index (χ2v) is 4.08. The molecule has 0 saturated heterocycles. The van der Waals surface area contributed by atoms with Crippen LogP contribution >= 0.6 is 0 Å². The summed E-state index contributed by atoms with van der Waals surface area (Å²) >= 11 is 0. The van der Waals surface area contributed by atoms with E-state index in [-0.39, 0.29) is 11.4 Å². The lowest BCUT2D eigenvalue weighted by atomic mass is 10.2. The summed E-state index contributed by atoms with van der Waals surface area (Å²) in [5, 5.41) is 10.9. The molecule has 1 aromatic heterocycles. The summed E-state index contributed by atoms with van der Waals surface area (Å²) in [6.07, 6.45) is 1.46. The number of nitro groups is 1. The van der Waals surface area contributed by atoms with Gasteiger partial charge in [-0.3, -0.25) is 10.1 Å². The van der Waals surface area contributed by atoms with Crippen molar-refractivity contribution >= 4 is 11.4 Å². The molecule has 0 radical (unpaired) electrons. The highest BCUT2D eigenvalue weighted by molar-refractivity contribution is 5.52. The molecule has 0 unspecified atom stereocenters. The van der Waals surface area contributed by atoms with Crippen molar-refractivity contribution in [3.05, 3.63) is 46.1 Å². The van der Waals surface area contributed by atoms with Gasteiger partial charge in [0.05, 0.1) is 30.0 Å². The molecule has 7 heteroatoms. The standard InChI is InChI=1S/C13H13N3O4/c1-8-5-9(14)7-15-13(8)20-10-3-4-12(19-2)11(6-10)16(17)18/h3-7H,14H2,1-2H3. The fourth-order valence-corrected chi connectivity index (χ4v) is 1.68. The lowest BCUT2D eigenvalue weighted by molar-refractivity contribution is -0.385. The number of nitrogen functional groups attached to an aromatic ring is 1. The smallest absolute Gasteiger partial charge is 0.314 e. The monoisotopic (exact) mass is 275 g/mol. The number of aromatic nitrogens is 1. The molecule has 1 heterocycles. The van der Waals surface area contributed by atoms with Crippen molar-refractivity contribution < 1.29 is 14.4 Å². The molecule has 0 spiro atoms. The zero-order valence-electron chi connectivity index (χ0n) is 11.0. The minimum absolute atomic E-state index is 0.168. The lowest BCUT2D eigenvalue weighted by Crippen LogP contribution is -1.97. The third-order valence-corrected chi connectivity index (χ3v) is 2.61. The molecule has 0 aliphatic heterocycles. The zero-order valence-corrected chi connectivity index (χ0v) is 11.0. The average Bonchev–Trinajstić information content (AvgIpc) is 2.41. The molecule has 1 aromatic carbocycles. The van der Waals surface area contributed by atoms with Crippen LogP contribution in [0, 0.1) is 17.0 Å². The van der Waals surface area contributed by atoms with E-state index in [1.165, 1.54) is 25.4 Å². The van der Waals surface area contributed by atoms with Crippen molar-refractivity contribution in [1.29, 1.82) is 0 Å². The van der Waals surface area contributed by atoms with E-state index < -0.39 is 4.92 Å². The number of nitro benzene ring substituents is 1. The number of rotatable bonds is 4. The number of nitrogens with two attached hydrogens (primary N) is 1. The Kier molecular flexibility index (Phi) is 3.69. The Bertz CT molecular complexity index is 658. The molecule has 2 aromatic rings.